The van der Waals surface area contributed by atoms with Crippen molar-refractivity contribution in [1.82, 2.24) is 0 Å². The summed E-state index contributed by atoms with van der Waals surface area (Å²) in [6.45, 7) is 0.463. The summed E-state index contributed by atoms with van der Waals surface area (Å²) < 4.78 is 6.36. The summed E-state index contributed by atoms with van der Waals surface area (Å²) in [6, 6.07) is 13.6. The number of nitroso groups, excluding NO2 is 1. The normalized spacial score (nSPS) is 10.3. The van der Waals surface area contributed by atoms with E-state index in [0.717, 1.165) is 16.7 Å². The molecule has 0 unspecified atom stereocenters. The molecule has 0 saturated carbocycles. The van der Waals surface area contributed by atoms with E-state index in [2.05, 4.69) is 52.0 Å². The maximum absolute atomic E-state index is 10.6. The van der Waals surface area contributed by atoms with Gasteiger partial charge in [-0.25, -0.2) is 0 Å². The standard InChI is InChI=1S/C14H12INO2/c1-18-9-11-8-13(16-17)6-7-14(11)10-2-4-12(15)5-3-10/h2-8H,9H2,1H3. The van der Waals surface area contributed by atoms with E-state index in [4.69, 9.17) is 4.74 Å². The average Bonchev–Trinajstić information content (AvgIpc) is 2.40. The minimum Gasteiger partial charge on any atom is -0.380 e. The van der Waals surface area contributed by atoms with Crippen LogP contribution in [-0.2, 0) is 11.3 Å². The molecule has 0 aliphatic carbocycles. The molecule has 0 aliphatic rings. The molecule has 2 aromatic carbocycles. The lowest BCUT2D eigenvalue weighted by molar-refractivity contribution is 0.185. The molecule has 0 aliphatic heterocycles. The fraction of sp³-hybridized carbons (Fsp3) is 0.143. The SMILES string of the molecule is COCc1cc(N=O)ccc1-c1ccc(I)cc1. The maximum Gasteiger partial charge on any atom is 0.108 e. The molecular formula is C14H12INO2. The predicted octanol–water partition coefficient (Wildman–Crippen LogP) is 4.50. The molecule has 0 N–H and O–H groups in total. The lowest BCUT2D eigenvalue weighted by atomic mass is 9.99. The minimum absolute atomic E-state index is 0.427. The molecule has 0 spiro atoms. The van der Waals surface area contributed by atoms with Crippen molar-refractivity contribution in [3.05, 3.63) is 56.5 Å². The van der Waals surface area contributed by atoms with Crippen LogP contribution in [-0.4, -0.2) is 7.11 Å². The van der Waals surface area contributed by atoms with Gasteiger partial charge in [0.05, 0.1) is 6.61 Å². The van der Waals surface area contributed by atoms with Crippen LogP contribution in [0.1, 0.15) is 5.56 Å². The van der Waals surface area contributed by atoms with Crippen molar-refractivity contribution in [3.63, 3.8) is 0 Å². The zero-order chi connectivity index (χ0) is 13.0. The third-order valence-electron chi connectivity index (χ3n) is 2.65. The second-order valence-electron chi connectivity index (χ2n) is 3.87. The Hall–Kier alpha value is -1.27. The van der Waals surface area contributed by atoms with E-state index in [9.17, 15) is 4.91 Å². The predicted molar refractivity (Wildman–Crippen MR) is 80.8 cm³/mol. The number of nitrogens with zero attached hydrogens (tertiary/aromatic N) is 1. The van der Waals surface area contributed by atoms with E-state index in [1.807, 2.05) is 6.07 Å². The van der Waals surface area contributed by atoms with Gasteiger partial charge < -0.3 is 4.74 Å². The third-order valence-corrected chi connectivity index (χ3v) is 3.37. The Labute approximate surface area is 119 Å². The fourth-order valence-electron chi connectivity index (χ4n) is 1.82. The van der Waals surface area contributed by atoms with Crippen LogP contribution in [0.5, 0.6) is 0 Å². The van der Waals surface area contributed by atoms with E-state index in [-0.39, 0.29) is 0 Å². The summed E-state index contributed by atoms with van der Waals surface area (Å²) in [5.74, 6) is 0. The van der Waals surface area contributed by atoms with Crippen molar-refractivity contribution in [1.29, 1.82) is 0 Å². The van der Waals surface area contributed by atoms with Gasteiger partial charge in [-0.3, -0.25) is 0 Å². The first-order valence-electron chi connectivity index (χ1n) is 5.46. The van der Waals surface area contributed by atoms with Gasteiger partial charge in [-0.2, -0.15) is 0 Å². The Morgan fingerprint density at radius 1 is 1.17 bits per heavy atom. The molecule has 0 heterocycles. The molecule has 3 nitrogen and oxygen atoms in total. The zero-order valence-corrected chi connectivity index (χ0v) is 12.0. The van der Waals surface area contributed by atoms with Crippen LogP contribution < -0.4 is 0 Å². The van der Waals surface area contributed by atoms with Crippen molar-refractivity contribution < 1.29 is 4.74 Å². The first-order valence-corrected chi connectivity index (χ1v) is 6.53. The van der Waals surface area contributed by atoms with Crippen molar-refractivity contribution in [2.24, 2.45) is 5.18 Å². The van der Waals surface area contributed by atoms with E-state index in [0.29, 0.717) is 12.3 Å². The highest BCUT2D eigenvalue weighted by Crippen LogP contribution is 2.28. The van der Waals surface area contributed by atoms with Gasteiger partial charge in [0.15, 0.2) is 0 Å². The highest BCUT2D eigenvalue weighted by molar-refractivity contribution is 14.1. The third kappa shape index (κ3) is 2.94. The number of hydrogen-bond acceptors (Lipinski definition) is 3. The smallest absolute Gasteiger partial charge is 0.108 e. The molecular weight excluding hydrogens is 341 g/mol. The van der Waals surface area contributed by atoms with Crippen LogP contribution in [0.2, 0.25) is 0 Å². The van der Waals surface area contributed by atoms with E-state index < -0.39 is 0 Å². The topological polar surface area (TPSA) is 38.7 Å². The lowest BCUT2D eigenvalue weighted by Gasteiger charge is -2.09. The van der Waals surface area contributed by atoms with Crippen molar-refractivity contribution in [2.45, 2.75) is 6.61 Å². The Kier molecular flexibility index (Phi) is 4.43. The minimum atomic E-state index is 0.427. The number of benzene rings is 2. The molecule has 18 heavy (non-hydrogen) atoms. The highest BCUT2D eigenvalue weighted by atomic mass is 127. The molecule has 0 aromatic heterocycles. The molecule has 0 atom stereocenters. The van der Waals surface area contributed by atoms with Gasteiger partial charge in [0.1, 0.15) is 5.69 Å². The number of rotatable bonds is 4. The molecule has 0 fully saturated rings. The summed E-state index contributed by atoms with van der Waals surface area (Å²) >= 11 is 2.27. The van der Waals surface area contributed by atoms with Crippen molar-refractivity contribution >= 4 is 28.3 Å². The summed E-state index contributed by atoms with van der Waals surface area (Å²) in [4.78, 5) is 10.6. The van der Waals surface area contributed by atoms with Crippen molar-refractivity contribution in [3.8, 4) is 11.1 Å². The Bertz CT molecular complexity index is 552. The first-order chi connectivity index (χ1) is 8.74. The number of ether oxygens (including phenoxy) is 1. The van der Waals surface area contributed by atoms with E-state index >= 15 is 0 Å². The molecule has 0 saturated heterocycles. The molecule has 0 amide bonds. The zero-order valence-electron chi connectivity index (χ0n) is 9.89. The highest BCUT2D eigenvalue weighted by Gasteiger charge is 2.06. The number of hydrogen-bond donors (Lipinski definition) is 0. The number of methoxy groups -OCH3 is 1. The van der Waals surface area contributed by atoms with Crippen LogP contribution in [0.15, 0.2) is 47.6 Å². The summed E-state index contributed by atoms with van der Waals surface area (Å²) in [5, 5.41) is 2.96. The quantitative estimate of drug-likeness (QED) is 0.600. The summed E-state index contributed by atoms with van der Waals surface area (Å²) in [5.41, 5.74) is 3.58. The molecule has 0 radical (unpaired) electrons. The van der Waals surface area contributed by atoms with Gasteiger partial charge in [-0.05, 0) is 68.7 Å². The first kappa shape index (κ1) is 13.2. The lowest BCUT2D eigenvalue weighted by Crippen LogP contribution is -1.92. The Morgan fingerprint density at radius 3 is 2.50 bits per heavy atom. The van der Waals surface area contributed by atoms with Crippen LogP contribution in [0.4, 0.5) is 5.69 Å². The monoisotopic (exact) mass is 353 g/mol. The molecule has 2 rings (SSSR count). The van der Waals surface area contributed by atoms with Crippen LogP contribution >= 0.6 is 22.6 Å². The average molecular weight is 353 g/mol. The van der Waals surface area contributed by atoms with Crippen molar-refractivity contribution in [2.75, 3.05) is 7.11 Å². The van der Waals surface area contributed by atoms with Gasteiger partial charge >= 0.3 is 0 Å². The Balaban J connectivity index is 2.48. The van der Waals surface area contributed by atoms with Gasteiger partial charge in [0, 0.05) is 10.7 Å². The molecule has 2 aromatic rings. The summed E-state index contributed by atoms with van der Waals surface area (Å²) in [6.07, 6.45) is 0. The van der Waals surface area contributed by atoms with Crippen LogP contribution in [0.25, 0.3) is 11.1 Å². The number of halogens is 1. The molecule has 4 heteroatoms. The second-order valence-corrected chi connectivity index (χ2v) is 5.12. The van der Waals surface area contributed by atoms with Crippen LogP contribution in [0.3, 0.4) is 0 Å². The molecule has 0 bridgehead atoms. The van der Waals surface area contributed by atoms with Gasteiger partial charge in [-0.15, -0.1) is 4.91 Å². The van der Waals surface area contributed by atoms with Gasteiger partial charge in [0.25, 0.3) is 0 Å². The van der Waals surface area contributed by atoms with Gasteiger partial charge in [-0.1, -0.05) is 18.2 Å². The summed E-state index contributed by atoms with van der Waals surface area (Å²) in [7, 11) is 1.64. The van der Waals surface area contributed by atoms with E-state index in [1.54, 1.807) is 19.2 Å². The molecule has 92 valence electrons. The largest absolute Gasteiger partial charge is 0.380 e. The van der Waals surface area contributed by atoms with E-state index in [1.165, 1.54) is 3.57 Å². The fourth-order valence-corrected chi connectivity index (χ4v) is 2.18. The Morgan fingerprint density at radius 2 is 1.89 bits per heavy atom. The van der Waals surface area contributed by atoms with Crippen LogP contribution in [0, 0.1) is 8.48 Å². The maximum atomic E-state index is 10.6. The van der Waals surface area contributed by atoms with Gasteiger partial charge in [0.2, 0.25) is 0 Å². The second kappa shape index (κ2) is 6.06.